The standard InChI is InChI=1S/C26H23ClFN7O/c1-16(34-35-26-29-9-10-30-26)18-5-7-23-21(12-18)25(32-15-31-23)33-20-6-8-24(22(27)13-20)36-14-17-3-2-4-19(28)11-17/h2-8,11-13,15H,9-10,14H2,1H3,(H2,29,30,35)(H,31,32,33)/b34-16+. The highest BCUT2D eigenvalue weighted by Gasteiger charge is 2.10. The first-order valence-electron chi connectivity index (χ1n) is 11.3. The molecule has 0 aliphatic carbocycles. The van der Waals surface area contributed by atoms with Crippen LogP contribution in [0.3, 0.4) is 0 Å². The summed E-state index contributed by atoms with van der Waals surface area (Å²) in [6.45, 7) is 3.68. The molecule has 3 N–H and O–H groups in total. The van der Waals surface area contributed by atoms with Crippen molar-refractivity contribution >= 4 is 45.7 Å². The van der Waals surface area contributed by atoms with Crippen molar-refractivity contribution in [2.75, 3.05) is 18.4 Å². The van der Waals surface area contributed by atoms with E-state index < -0.39 is 0 Å². The number of nitrogens with zero attached hydrogens (tertiary/aromatic N) is 4. The summed E-state index contributed by atoms with van der Waals surface area (Å²) in [5.74, 6) is 1.50. The SMILES string of the molecule is C/C(=N\NC1=NCCN1)c1ccc2ncnc(Nc3ccc(OCc4cccc(F)c4)c(Cl)c3)c2c1. The highest BCUT2D eigenvalue weighted by molar-refractivity contribution is 6.32. The Labute approximate surface area is 212 Å². The minimum atomic E-state index is -0.306. The monoisotopic (exact) mass is 503 g/mol. The first kappa shape index (κ1) is 23.5. The molecule has 2 heterocycles. The molecule has 36 heavy (non-hydrogen) atoms. The molecule has 0 bridgehead atoms. The Morgan fingerprint density at radius 3 is 2.86 bits per heavy atom. The lowest BCUT2D eigenvalue weighted by Crippen LogP contribution is -2.30. The summed E-state index contributed by atoms with van der Waals surface area (Å²) in [6.07, 6.45) is 1.51. The molecular formula is C26H23ClFN7O. The molecule has 1 aromatic heterocycles. The third-order valence-corrected chi connectivity index (χ3v) is 5.83. The Kier molecular flexibility index (Phi) is 6.90. The van der Waals surface area contributed by atoms with Crippen molar-refractivity contribution in [3.05, 3.63) is 89.0 Å². The fourth-order valence-corrected chi connectivity index (χ4v) is 3.91. The molecule has 0 saturated carbocycles. The van der Waals surface area contributed by atoms with Crippen molar-refractivity contribution in [3.8, 4) is 5.75 Å². The summed E-state index contributed by atoms with van der Waals surface area (Å²) in [4.78, 5) is 13.1. The van der Waals surface area contributed by atoms with Gasteiger partial charge in [-0.3, -0.25) is 0 Å². The minimum Gasteiger partial charge on any atom is -0.487 e. The molecule has 0 unspecified atom stereocenters. The van der Waals surface area contributed by atoms with Crippen molar-refractivity contribution in [1.29, 1.82) is 0 Å². The number of ether oxygens (including phenoxy) is 1. The second kappa shape index (κ2) is 10.6. The van der Waals surface area contributed by atoms with Crippen molar-refractivity contribution < 1.29 is 9.13 Å². The number of anilines is 2. The number of hydrogen-bond donors (Lipinski definition) is 3. The Hall–Kier alpha value is -4.24. The molecular weight excluding hydrogens is 481 g/mol. The summed E-state index contributed by atoms with van der Waals surface area (Å²) >= 11 is 6.46. The van der Waals surface area contributed by atoms with E-state index in [0.717, 1.165) is 46.5 Å². The van der Waals surface area contributed by atoms with E-state index in [-0.39, 0.29) is 12.4 Å². The van der Waals surface area contributed by atoms with Gasteiger partial charge in [-0.05, 0) is 60.5 Å². The van der Waals surface area contributed by atoms with Crippen molar-refractivity contribution in [2.24, 2.45) is 10.1 Å². The quantitative estimate of drug-likeness (QED) is 0.242. The highest BCUT2D eigenvalue weighted by atomic mass is 35.5. The molecule has 10 heteroatoms. The van der Waals surface area contributed by atoms with Crippen molar-refractivity contribution in [3.63, 3.8) is 0 Å². The third-order valence-electron chi connectivity index (χ3n) is 5.53. The topological polar surface area (TPSA) is 95.8 Å². The van der Waals surface area contributed by atoms with Gasteiger partial charge in [-0.15, -0.1) is 0 Å². The number of hydrogen-bond acceptors (Lipinski definition) is 8. The largest absolute Gasteiger partial charge is 0.487 e. The van der Waals surface area contributed by atoms with Crippen LogP contribution in [0.4, 0.5) is 15.9 Å². The van der Waals surface area contributed by atoms with Gasteiger partial charge >= 0.3 is 0 Å². The second-order valence-electron chi connectivity index (χ2n) is 8.11. The van der Waals surface area contributed by atoms with Gasteiger partial charge < -0.3 is 15.4 Å². The first-order valence-corrected chi connectivity index (χ1v) is 11.7. The molecule has 5 rings (SSSR count). The lowest BCUT2D eigenvalue weighted by molar-refractivity contribution is 0.306. The maximum atomic E-state index is 13.4. The number of aliphatic imine (C=N–C) groups is 1. The Morgan fingerprint density at radius 2 is 2.06 bits per heavy atom. The van der Waals surface area contributed by atoms with Gasteiger partial charge in [-0.2, -0.15) is 5.10 Å². The molecule has 1 aliphatic rings. The average Bonchev–Trinajstić information content (AvgIpc) is 3.41. The van der Waals surface area contributed by atoms with Gasteiger partial charge in [0.05, 0.1) is 22.8 Å². The van der Waals surface area contributed by atoms with Gasteiger partial charge in [0.15, 0.2) is 0 Å². The van der Waals surface area contributed by atoms with Gasteiger partial charge in [-0.1, -0.05) is 29.8 Å². The van der Waals surface area contributed by atoms with Gasteiger partial charge in [0, 0.05) is 17.6 Å². The Balaban J connectivity index is 1.33. The van der Waals surface area contributed by atoms with Crippen LogP contribution in [0, 0.1) is 5.82 Å². The van der Waals surface area contributed by atoms with Crippen LogP contribution in [0.1, 0.15) is 18.1 Å². The Bertz CT molecular complexity index is 1470. The van der Waals surface area contributed by atoms with Crippen LogP contribution in [0.5, 0.6) is 5.75 Å². The van der Waals surface area contributed by atoms with Crippen molar-refractivity contribution in [2.45, 2.75) is 13.5 Å². The van der Waals surface area contributed by atoms with E-state index in [0.29, 0.717) is 22.5 Å². The number of guanidine groups is 1. The van der Waals surface area contributed by atoms with Gasteiger partial charge in [-0.25, -0.2) is 24.8 Å². The van der Waals surface area contributed by atoms with Gasteiger partial charge in [0.2, 0.25) is 5.96 Å². The number of halogens is 2. The van der Waals surface area contributed by atoms with Crippen LogP contribution < -0.4 is 20.8 Å². The maximum absolute atomic E-state index is 13.4. The molecule has 0 amide bonds. The number of fused-ring (bicyclic) bond motifs is 1. The van der Waals surface area contributed by atoms with Crippen LogP contribution in [0.15, 0.2) is 77.1 Å². The van der Waals surface area contributed by atoms with E-state index in [1.165, 1.54) is 18.5 Å². The zero-order valence-corrected chi connectivity index (χ0v) is 20.2. The second-order valence-corrected chi connectivity index (χ2v) is 8.52. The maximum Gasteiger partial charge on any atom is 0.212 e. The molecule has 3 aromatic carbocycles. The van der Waals surface area contributed by atoms with Crippen LogP contribution in [-0.4, -0.2) is 34.7 Å². The number of aromatic nitrogens is 2. The minimum absolute atomic E-state index is 0.211. The molecule has 8 nitrogen and oxygen atoms in total. The highest BCUT2D eigenvalue weighted by Crippen LogP contribution is 2.31. The summed E-state index contributed by atoms with van der Waals surface area (Å²) in [5, 5.41) is 12.1. The van der Waals surface area contributed by atoms with Crippen LogP contribution in [0.2, 0.25) is 5.02 Å². The summed E-state index contributed by atoms with van der Waals surface area (Å²) in [6, 6.07) is 17.5. The number of hydrazone groups is 1. The molecule has 4 aromatic rings. The van der Waals surface area contributed by atoms with Gasteiger partial charge in [0.25, 0.3) is 0 Å². The Morgan fingerprint density at radius 1 is 1.14 bits per heavy atom. The molecule has 0 saturated heterocycles. The molecule has 1 aliphatic heterocycles. The van der Waals surface area contributed by atoms with E-state index >= 15 is 0 Å². The summed E-state index contributed by atoms with van der Waals surface area (Å²) in [7, 11) is 0. The lowest BCUT2D eigenvalue weighted by Gasteiger charge is -2.12. The van der Waals surface area contributed by atoms with Crippen LogP contribution in [-0.2, 0) is 6.61 Å². The van der Waals surface area contributed by atoms with E-state index in [1.54, 1.807) is 24.3 Å². The fraction of sp³-hybridized carbons (Fsp3) is 0.154. The predicted molar refractivity (Wildman–Crippen MR) is 141 cm³/mol. The predicted octanol–water partition coefficient (Wildman–Crippen LogP) is 5.02. The zero-order chi connectivity index (χ0) is 24.9. The molecule has 0 fully saturated rings. The van der Waals surface area contributed by atoms with Crippen LogP contribution >= 0.6 is 11.6 Å². The summed E-state index contributed by atoms with van der Waals surface area (Å²) in [5.41, 5.74) is 6.92. The molecule has 0 atom stereocenters. The number of nitrogens with one attached hydrogen (secondary N) is 3. The smallest absolute Gasteiger partial charge is 0.212 e. The molecule has 0 radical (unpaired) electrons. The zero-order valence-electron chi connectivity index (χ0n) is 19.4. The normalized spacial score (nSPS) is 13.3. The van der Waals surface area contributed by atoms with E-state index in [1.807, 2.05) is 31.2 Å². The molecule has 182 valence electrons. The third kappa shape index (κ3) is 5.52. The number of benzene rings is 3. The first-order chi connectivity index (χ1) is 17.5. The molecule has 0 spiro atoms. The van der Waals surface area contributed by atoms with Gasteiger partial charge in [0.1, 0.15) is 30.3 Å². The van der Waals surface area contributed by atoms with E-state index in [9.17, 15) is 4.39 Å². The van der Waals surface area contributed by atoms with Crippen LogP contribution in [0.25, 0.3) is 10.9 Å². The van der Waals surface area contributed by atoms with E-state index in [4.69, 9.17) is 16.3 Å². The lowest BCUT2D eigenvalue weighted by atomic mass is 10.1. The fourth-order valence-electron chi connectivity index (χ4n) is 3.68. The average molecular weight is 504 g/mol. The van der Waals surface area contributed by atoms with E-state index in [2.05, 4.69) is 36.1 Å². The summed E-state index contributed by atoms with van der Waals surface area (Å²) < 4.78 is 19.2. The number of rotatable bonds is 7. The van der Waals surface area contributed by atoms with Crippen molar-refractivity contribution in [1.82, 2.24) is 20.7 Å².